The van der Waals surface area contributed by atoms with Gasteiger partial charge in [-0.3, -0.25) is 0 Å². The van der Waals surface area contributed by atoms with Gasteiger partial charge in [0.05, 0.1) is 14.2 Å². The molecule has 36 heavy (non-hydrogen) atoms. The Morgan fingerprint density at radius 2 is 0.917 bits per heavy atom. The number of ether oxygens (including phenoxy) is 2. The van der Waals surface area contributed by atoms with Crippen molar-refractivity contribution >= 4 is 37.1 Å². The van der Waals surface area contributed by atoms with Crippen LogP contribution in [0.3, 0.4) is 0 Å². The highest BCUT2D eigenvalue weighted by molar-refractivity contribution is 7.77. The van der Waals surface area contributed by atoms with Crippen molar-refractivity contribution in [3.63, 3.8) is 0 Å². The maximum atomic E-state index is 5.92. The third-order valence-electron chi connectivity index (χ3n) is 6.86. The highest BCUT2D eigenvalue weighted by Gasteiger charge is 2.44. The Hall–Kier alpha value is -2.70. The second-order valence-electron chi connectivity index (χ2n) is 9.11. The molecule has 0 bridgehead atoms. The maximum Gasteiger partial charge on any atom is 0.126 e. The van der Waals surface area contributed by atoms with E-state index in [1.54, 1.807) is 14.2 Å². The molecule has 1 fully saturated rings. The summed E-state index contributed by atoms with van der Waals surface area (Å²) in [4.78, 5) is 2.52. The predicted octanol–water partition coefficient (Wildman–Crippen LogP) is 4.95. The van der Waals surface area contributed by atoms with Gasteiger partial charge >= 0.3 is 0 Å². The molecular formula is C31H33NO2P2. The van der Waals surface area contributed by atoms with Crippen LogP contribution in [0.4, 0.5) is 0 Å². The van der Waals surface area contributed by atoms with Crippen LogP contribution in [0.1, 0.15) is 0 Å². The normalized spacial score (nSPS) is 19.5. The molecule has 4 aromatic carbocycles. The highest BCUT2D eigenvalue weighted by Crippen LogP contribution is 2.55. The minimum atomic E-state index is -0.663. The van der Waals surface area contributed by atoms with Gasteiger partial charge in [0.1, 0.15) is 11.5 Å². The largest absolute Gasteiger partial charge is 0.496 e. The Balaban J connectivity index is 1.69. The van der Waals surface area contributed by atoms with Crippen LogP contribution in [0.15, 0.2) is 109 Å². The smallest absolute Gasteiger partial charge is 0.126 e. The van der Waals surface area contributed by atoms with Crippen LogP contribution in [0.2, 0.25) is 0 Å². The van der Waals surface area contributed by atoms with Gasteiger partial charge in [-0.15, -0.1) is 0 Å². The third kappa shape index (κ3) is 5.07. The van der Waals surface area contributed by atoms with Gasteiger partial charge in [0.15, 0.2) is 0 Å². The molecule has 0 aliphatic carbocycles. The molecule has 5 rings (SSSR count). The van der Waals surface area contributed by atoms with Crippen molar-refractivity contribution in [3.8, 4) is 11.5 Å². The molecular weight excluding hydrogens is 480 g/mol. The number of rotatable bonds is 8. The lowest BCUT2D eigenvalue weighted by molar-refractivity contribution is 0.417. The van der Waals surface area contributed by atoms with Crippen molar-refractivity contribution in [1.82, 2.24) is 4.90 Å². The zero-order chi connectivity index (χ0) is 24.9. The first-order chi connectivity index (χ1) is 17.7. The summed E-state index contributed by atoms with van der Waals surface area (Å²) in [6.07, 6.45) is 0. The molecule has 0 radical (unpaired) electrons. The fraction of sp³-hybridized carbons (Fsp3) is 0.226. The number of hydrogen-bond acceptors (Lipinski definition) is 3. The van der Waals surface area contributed by atoms with Gasteiger partial charge in [-0.1, -0.05) is 97.1 Å². The predicted molar refractivity (Wildman–Crippen MR) is 156 cm³/mol. The van der Waals surface area contributed by atoms with Gasteiger partial charge in [-0.05, 0) is 45.6 Å². The standard InChI is InChI=1S/C31H33NO2P2/c1-32-22-30(35(24-14-6-4-7-15-24)28-20-12-10-18-26(28)33-2)31(23-32)36(25-16-8-5-9-17-25)29-21-13-11-19-27(29)34-3/h4-21,30-31H,22-23H2,1-3H3. The van der Waals surface area contributed by atoms with Crippen molar-refractivity contribution in [2.75, 3.05) is 34.4 Å². The molecule has 1 heterocycles. The van der Waals surface area contributed by atoms with E-state index in [0.717, 1.165) is 24.6 Å². The number of likely N-dealkylation sites (tertiary alicyclic amines) is 1. The minimum absolute atomic E-state index is 0.472. The zero-order valence-electron chi connectivity index (χ0n) is 21.1. The maximum absolute atomic E-state index is 5.92. The first kappa shape index (κ1) is 25.0. The van der Waals surface area contributed by atoms with Gasteiger partial charge in [0.2, 0.25) is 0 Å². The van der Waals surface area contributed by atoms with Crippen LogP contribution < -0.4 is 30.7 Å². The Morgan fingerprint density at radius 1 is 0.556 bits per heavy atom. The van der Waals surface area contributed by atoms with Crippen LogP contribution in [-0.4, -0.2) is 50.6 Å². The zero-order valence-corrected chi connectivity index (χ0v) is 22.9. The average molecular weight is 514 g/mol. The lowest BCUT2D eigenvalue weighted by Crippen LogP contribution is -2.34. The Morgan fingerprint density at radius 3 is 1.31 bits per heavy atom. The van der Waals surface area contributed by atoms with Crippen LogP contribution in [0.25, 0.3) is 0 Å². The van der Waals surface area contributed by atoms with Crippen LogP contribution >= 0.6 is 15.8 Å². The van der Waals surface area contributed by atoms with E-state index in [-0.39, 0.29) is 0 Å². The number of methoxy groups -OCH3 is 2. The van der Waals surface area contributed by atoms with E-state index >= 15 is 0 Å². The van der Waals surface area contributed by atoms with E-state index in [4.69, 9.17) is 9.47 Å². The van der Waals surface area contributed by atoms with Gasteiger partial charge in [0, 0.05) is 35.0 Å². The van der Waals surface area contributed by atoms with Gasteiger partial charge in [-0.2, -0.15) is 0 Å². The van der Waals surface area contributed by atoms with Crippen molar-refractivity contribution in [1.29, 1.82) is 0 Å². The van der Waals surface area contributed by atoms with Crippen molar-refractivity contribution < 1.29 is 9.47 Å². The van der Waals surface area contributed by atoms with E-state index in [9.17, 15) is 0 Å². The molecule has 0 saturated carbocycles. The lowest BCUT2D eigenvalue weighted by Gasteiger charge is -2.35. The molecule has 0 N–H and O–H groups in total. The molecule has 4 aromatic rings. The summed E-state index contributed by atoms with van der Waals surface area (Å²) in [6, 6.07) is 39.4. The number of nitrogens with zero attached hydrogens (tertiary/aromatic N) is 1. The van der Waals surface area contributed by atoms with E-state index in [0.29, 0.717) is 11.3 Å². The molecule has 0 amide bonds. The molecule has 5 heteroatoms. The fourth-order valence-electron chi connectivity index (χ4n) is 5.32. The van der Waals surface area contributed by atoms with Crippen molar-refractivity contribution in [3.05, 3.63) is 109 Å². The second-order valence-corrected chi connectivity index (χ2v) is 13.9. The summed E-state index contributed by atoms with van der Waals surface area (Å²) >= 11 is 0. The van der Waals surface area contributed by atoms with Gasteiger partial charge in [-0.25, -0.2) is 0 Å². The average Bonchev–Trinajstić information content (AvgIpc) is 3.31. The highest BCUT2D eigenvalue weighted by atomic mass is 31.1. The van der Waals surface area contributed by atoms with Crippen molar-refractivity contribution in [2.24, 2.45) is 0 Å². The third-order valence-corrected chi connectivity index (χ3v) is 13.0. The minimum Gasteiger partial charge on any atom is -0.496 e. The molecule has 3 nitrogen and oxygen atoms in total. The Kier molecular flexibility index (Phi) is 8.02. The van der Waals surface area contributed by atoms with Crippen molar-refractivity contribution in [2.45, 2.75) is 11.3 Å². The number of benzene rings is 4. The molecule has 1 saturated heterocycles. The first-order valence-corrected chi connectivity index (χ1v) is 15.2. The van der Waals surface area contributed by atoms with E-state index in [1.807, 2.05) is 0 Å². The SMILES string of the molecule is COc1ccccc1P(c1ccccc1)C1CN(C)CC1P(c1ccccc1)c1ccccc1OC. The summed E-state index contributed by atoms with van der Waals surface area (Å²) in [5, 5.41) is 5.47. The summed E-state index contributed by atoms with van der Waals surface area (Å²) in [5.74, 6) is 1.98. The summed E-state index contributed by atoms with van der Waals surface area (Å²) < 4.78 is 11.8. The molecule has 4 atom stereocenters. The van der Waals surface area contributed by atoms with Crippen LogP contribution in [0, 0.1) is 0 Å². The van der Waals surface area contributed by atoms with E-state index < -0.39 is 15.8 Å². The monoisotopic (exact) mass is 513 g/mol. The van der Waals surface area contributed by atoms with Crippen LogP contribution in [-0.2, 0) is 0 Å². The quantitative estimate of drug-likeness (QED) is 0.311. The topological polar surface area (TPSA) is 21.7 Å². The second kappa shape index (κ2) is 11.6. The summed E-state index contributed by atoms with van der Waals surface area (Å²) in [7, 11) is 4.53. The molecule has 0 spiro atoms. The molecule has 0 aromatic heterocycles. The Labute approximate surface area is 217 Å². The van der Waals surface area contributed by atoms with Gasteiger partial charge < -0.3 is 14.4 Å². The number of hydrogen-bond donors (Lipinski definition) is 0. The summed E-state index contributed by atoms with van der Waals surface area (Å²) in [6.45, 7) is 2.12. The molecule has 1 aliphatic heterocycles. The number of para-hydroxylation sites is 2. The van der Waals surface area contributed by atoms with E-state index in [2.05, 4.69) is 121 Å². The van der Waals surface area contributed by atoms with Gasteiger partial charge in [0.25, 0.3) is 0 Å². The Bertz CT molecular complexity index is 1170. The lowest BCUT2D eigenvalue weighted by atomic mass is 10.3. The fourth-order valence-corrected chi connectivity index (χ4v) is 12.2. The van der Waals surface area contributed by atoms with Crippen LogP contribution in [0.5, 0.6) is 11.5 Å². The summed E-state index contributed by atoms with van der Waals surface area (Å²) in [5.41, 5.74) is 0.944. The molecule has 1 aliphatic rings. The first-order valence-electron chi connectivity index (χ1n) is 12.3. The molecule has 4 unspecified atom stereocenters. The van der Waals surface area contributed by atoms with E-state index in [1.165, 1.54) is 21.2 Å². The molecule has 184 valence electrons.